The van der Waals surface area contributed by atoms with Crippen LogP contribution in [0.1, 0.15) is 20.8 Å². The van der Waals surface area contributed by atoms with Crippen LogP contribution in [0.4, 0.5) is 0 Å². The highest BCUT2D eigenvalue weighted by Crippen LogP contribution is 2.39. The Labute approximate surface area is 115 Å². The van der Waals surface area contributed by atoms with E-state index in [4.69, 9.17) is 19.4 Å². The molecule has 0 aromatic rings. The van der Waals surface area contributed by atoms with Gasteiger partial charge >= 0.3 is 7.75 Å². The molecular weight excluding hydrogens is 269 g/mol. The highest BCUT2D eigenvalue weighted by molar-refractivity contribution is 7.51. The van der Waals surface area contributed by atoms with Crippen LogP contribution in [0.5, 0.6) is 0 Å². The van der Waals surface area contributed by atoms with Crippen molar-refractivity contribution in [3.8, 4) is 0 Å². The van der Waals surface area contributed by atoms with E-state index in [1.165, 1.54) is 0 Å². The van der Waals surface area contributed by atoms with E-state index in [9.17, 15) is 4.57 Å². The molecule has 0 radical (unpaired) electrons. The second-order valence-corrected chi connectivity index (χ2v) is 7.25. The Morgan fingerprint density at radius 1 is 1.26 bits per heavy atom. The summed E-state index contributed by atoms with van der Waals surface area (Å²) in [6, 6.07) is 0. The summed E-state index contributed by atoms with van der Waals surface area (Å²) < 4.78 is 27.5. The van der Waals surface area contributed by atoms with Crippen LogP contribution < -0.4 is 10.8 Å². The first-order valence-corrected chi connectivity index (χ1v) is 8.16. The fraction of sp³-hybridized carbons (Fsp3) is 1.00. The van der Waals surface area contributed by atoms with Crippen molar-refractivity contribution >= 4 is 7.75 Å². The quantitative estimate of drug-likeness (QED) is 0.534. The molecule has 1 atom stereocenters. The lowest BCUT2D eigenvalue weighted by molar-refractivity contribution is -0.0808. The number of hydrogen-bond donors (Lipinski definition) is 2. The lowest BCUT2D eigenvalue weighted by Gasteiger charge is -2.28. The molecule has 3 N–H and O–H groups in total. The molecule has 0 amide bonds. The molecule has 0 aromatic carbocycles. The van der Waals surface area contributed by atoms with Gasteiger partial charge in [-0.1, -0.05) is 20.8 Å². The van der Waals surface area contributed by atoms with Gasteiger partial charge in [-0.2, -0.15) is 5.06 Å². The van der Waals surface area contributed by atoms with Crippen LogP contribution in [0, 0.1) is 5.41 Å². The van der Waals surface area contributed by atoms with Crippen LogP contribution in [-0.4, -0.2) is 51.1 Å². The minimum Gasteiger partial charge on any atom is -0.378 e. The first-order chi connectivity index (χ1) is 8.79. The summed E-state index contributed by atoms with van der Waals surface area (Å²) in [6.45, 7) is 10.2. The van der Waals surface area contributed by atoms with E-state index >= 15 is 0 Å². The summed E-state index contributed by atoms with van der Waals surface area (Å²) in [7, 11) is -3.52. The van der Waals surface area contributed by atoms with Crippen molar-refractivity contribution in [2.75, 3.05) is 46.0 Å². The van der Waals surface area contributed by atoms with E-state index in [2.05, 4.69) is 26.1 Å². The maximum absolute atomic E-state index is 11.9. The van der Waals surface area contributed by atoms with Crippen LogP contribution in [-0.2, 0) is 18.5 Å². The van der Waals surface area contributed by atoms with E-state index in [1.54, 1.807) is 5.06 Å². The van der Waals surface area contributed by atoms with E-state index in [1.807, 2.05) is 0 Å². The van der Waals surface area contributed by atoms with Gasteiger partial charge in [0.1, 0.15) is 0 Å². The molecule has 19 heavy (non-hydrogen) atoms. The largest absolute Gasteiger partial charge is 0.419 e. The van der Waals surface area contributed by atoms with Crippen molar-refractivity contribution < 1.29 is 18.5 Å². The third kappa shape index (κ3) is 8.70. The zero-order chi connectivity index (χ0) is 14.4. The zero-order valence-corrected chi connectivity index (χ0v) is 12.9. The van der Waals surface area contributed by atoms with E-state index in [0.29, 0.717) is 26.3 Å². The van der Waals surface area contributed by atoms with Crippen molar-refractivity contribution in [3.63, 3.8) is 0 Å². The second-order valence-electron chi connectivity index (χ2n) is 5.75. The van der Waals surface area contributed by atoms with E-state index < -0.39 is 7.75 Å². The lowest BCUT2D eigenvalue weighted by atomic mass is 9.99. The fourth-order valence-electron chi connectivity index (χ4n) is 1.51. The Bertz CT molecular complexity index is 303. The molecule has 1 aliphatic rings. The Morgan fingerprint density at radius 2 is 1.89 bits per heavy atom. The highest BCUT2D eigenvalue weighted by atomic mass is 31.2. The summed E-state index contributed by atoms with van der Waals surface area (Å²) in [4.78, 5) is 0. The predicted molar refractivity (Wildman–Crippen MR) is 73.5 cm³/mol. The third-order valence-corrected chi connectivity index (χ3v) is 3.34. The first kappa shape index (κ1) is 17.0. The monoisotopic (exact) mass is 295 g/mol. The van der Waals surface area contributed by atoms with Crippen molar-refractivity contribution in [1.29, 1.82) is 0 Å². The molecular formula is C11H26N3O4P. The van der Waals surface area contributed by atoms with Gasteiger partial charge in [0.15, 0.2) is 0 Å². The highest BCUT2D eigenvalue weighted by Gasteiger charge is 2.24. The molecule has 1 saturated heterocycles. The second kappa shape index (κ2) is 7.69. The minimum absolute atomic E-state index is 0.101. The van der Waals surface area contributed by atoms with Crippen LogP contribution in [0.2, 0.25) is 0 Å². The van der Waals surface area contributed by atoms with E-state index in [0.717, 1.165) is 13.1 Å². The molecule has 0 saturated carbocycles. The minimum atomic E-state index is -3.52. The number of hydrogen-bond acceptors (Lipinski definition) is 6. The topological polar surface area (TPSA) is 86.0 Å². The maximum Gasteiger partial charge on any atom is 0.419 e. The molecule has 1 unspecified atom stereocenters. The van der Waals surface area contributed by atoms with Crippen molar-refractivity contribution in [2.45, 2.75) is 20.8 Å². The van der Waals surface area contributed by atoms with Gasteiger partial charge in [-0.15, -0.1) is 0 Å². The van der Waals surface area contributed by atoms with Gasteiger partial charge in [0.25, 0.3) is 0 Å². The molecule has 8 heteroatoms. The van der Waals surface area contributed by atoms with Gasteiger partial charge in [0, 0.05) is 26.2 Å². The average Bonchev–Trinajstić information content (AvgIpc) is 2.27. The van der Waals surface area contributed by atoms with Crippen LogP contribution in [0.25, 0.3) is 0 Å². The fourth-order valence-corrected chi connectivity index (χ4v) is 2.37. The van der Waals surface area contributed by atoms with Crippen LogP contribution >= 0.6 is 7.75 Å². The Morgan fingerprint density at radius 3 is 2.47 bits per heavy atom. The van der Waals surface area contributed by atoms with E-state index in [-0.39, 0.29) is 12.0 Å². The molecule has 1 aliphatic heterocycles. The molecule has 1 heterocycles. The number of rotatable bonds is 7. The molecule has 1 fully saturated rings. The van der Waals surface area contributed by atoms with Crippen molar-refractivity contribution in [1.82, 2.24) is 10.4 Å². The van der Waals surface area contributed by atoms with Crippen molar-refractivity contribution in [3.05, 3.63) is 0 Å². The number of hydroxylamine groups is 2. The maximum atomic E-state index is 11.9. The van der Waals surface area contributed by atoms with Crippen LogP contribution in [0.15, 0.2) is 0 Å². The van der Waals surface area contributed by atoms with Crippen molar-refractivity contribution in [2.24, 2.45) is 10.9 Å². The van der Waals surface area contributed by atoms with Gasteiger partial charge in [0.2, 0.25) is 0 Å². The average molecular weight is 295 g/mol. The first-order valence-electron chi connectivity index (χ1n) is 6.55. The van der Waals surface area contributed by atoms with Gasteiger partial charge < -0.3 is 10.1 Å². The van der Waals surface area contributed by atoms with Gasteiger partial charge in [0.05, 0.1) is 19.8 Å². The van der Waals surface area contributed by atoms with Gasteiger partial charge in [-0.25, -0.2) is 14.7 Å². The molecule has 0 aromatic heterocycles. The van der Waals surface area contributed by atoms with Gasteiger partial charge in [-0.3, -0.25) is 4.52 Å². The molecule has 7 nitrogen and oxygen atoms in total. The Balaban J connectivity index is 2.14. The number of nitrogens with one attached hydrogen (secondary N) is 1. The normalized spacial score (nSPS) is 21.3. The SMILES string of the molecule is CC(C)(C)COCCOP(N)(=O)ON1CCNCC1. The number of ether oxygens (including phenoxy) is 1. The number of nitrogens with zero attached hydrogens (tertiary/aromatic N) is 1. The molecule has 114 valence electrons. The predicted octanol–water partition coefficient (Wildman–Crippen LogP) is 0.969. The third-order valence-electron chi connectivity index (χ3n) is 2.34. The summed E-state index contributed by atoms with van der Waals surface area (Å²) in [5.74, 6) is 0. The molecule has 0 aliphatic carbocycles. The lowest BCUT2D eigenvalue weighted by Crippen LogP contribution is -2.43. The summed E-state index contributed by atoms with van der Waals surface area (Å²) in [5.41, 5.74) is 5.61. The number of piperazine rings is 1. The smallest absolute Gasteiger partial charge is 0.378 e. The molecule has 1 rings (SSSR count). The molecule has 0 bridgehead atoms. The number of nitrogens with two attached hydrogens (primary N) is 1. The van der Waals surface area contributed by atoms with Gasteiger partial charge in [-0.05, 0) is 5.41 Å². The summed E-state index contributed by atoms with van der Waals surface area (Å²) in [6.07, 6.45) is 0. The van der Waals surface area contributed by atoms with Crippen LogP contribution in [0.3, 0.4) is 0 Å². The zero-order valence-electron chi connectivity index (χ0n) is 12.1. The summed E-state index contributed by atoms with van der Waals surface area (Å²) in [5, 5.41) is 4.74. The Kier molecular flexibility index (Phi) is 6.90. The molecule has 0 spiro atoms. The summed E-state index contributed by atoms with van der Waals surface area (Å²) >= 11 is 0. The standard InChI is InChI=1S/C11H26N3O4P/c1-11(2,3)10-16-8-9-17-19(12,15)18-14-6-4-13-5-7-14/h13H,4-10H2,1-3H3,(H2,12,15). The Hall–Kier alpha value is -0.0100.